The van der Waals surface area contributed by atoms with Crippen molar-refractivity contribution in [2.75, 3.05) is 13.1 Å². The molecule has 1 fully saturated rings. The molecule has 1 aromatic rings. The first-order valence-electron chi connectivity index (χ1n) is 6.78. The molecule has 20 heavy (non-hydrogen) atoms. The molecular weight excluding hydrogens is 327 g/mol. The summed E-state index contributed by atoms with van der Waals surface area (Å²) in [4.78, 5) is 16.6. The van der Waals surface area contributed by atoms with Crippen molar-refractivity contribution in [2.24, 2.45) is 5.92 Å². The SMILES string of the molecule is O=C(O)CCC1CCCN(Cc2c(F)cncc2Br)C1. The van der Waals surface area contributed by atoms with Gasteiger partial charge in [0.2, 0.25) is 0 Å². The zero-order chi connectivity index (χ0) is 14.5. The van der Waals surface area contributed by atoms with Gasteiger partial charge in [-0.1, -0.05) is 0 Å². The van der Waals surface area contributed by atoms with E-state index in [-0.39, 0.29) is 12.2 Å². The number of aromatic nitrogens is 1. The van der Waals surface area contributed by atoms with Crippen molar-refractivity contribution < 1.29 is 14.3 Å². The Balaban J connectivity index is 1.94. The molecular formula is C14H18BrFN2O2. The largest absolute Gasteiger partial charge is 0.481 e. The Hall–Kier alpha value is -1.01. The molecule has 1 atom stereocenters. The van der Waals surface area contributed by atoms with Crippen LogP contribution in [-0.4, -0.2) is 34.0 Å². The number of halogens is 2. The number of carboxylic acid groups (broad SMARTS) is 1. The molecule has 1 unspecified atom stereocenters. The molecule has 0 amide bonds. The van der Waals surface area contributed by atoms with E-state index in [1.54, 1.807) is 6.20 Å². The van der Waals surface area contributed by atoms with Crippen LogP contribution >= 0.6 is 15.9 Å². The van der Waals surface area contributed by atoms with E-state index in [4.69, 9.17) is 5.11 Å². The van der Waals surface area contributed by atoms with Gasteiger partial charge in [-0.15, -0.1) is 0 Å². The van der Waals surface area contributed by atoms with Gasteiger partial charge in [0.1, 0.15) is 5.82 Å². The minimum atomic E-state index is -0.745. The van der Waals surface area contributed by atoms with Gasteiger partial charge in [-0.05, 0) is 47.7 Å². The van der Waals surface area contributed by atoms with Crippen LogP contribution in [0.2, 0.25) is 0 Å². The van der Waals surface area contributed by atoms with Crippen molar-refractivity contribution in [3.8, 4) is 0 Å². The Kier molecular flexibility index (Phi) is 5.48. The molecule has 1 aromatic heterocycles. The lowest BCUT2D eigenvalue weighted by Gasteiger charge is -2.32. The normalized spacial score (nSPS) is 20.0. The first-order valence-corrected chi connectivity index (χ1v) is 7.57. The lowest BCUT2D eigenvalue weighted by molar-refractivity contribution is -0.137. The van der Waals surface area contributed by atoms with E-state index in [1.165, 1.54) is 6.20 Å². The van der Waals surface area contributed by atoms with Crippen molar-refractivity contribution in [3.05, 3.63) is 28.2 Å². The average molecular weight is 345 g/mol. The summed E-state index contributed by atoms with van der Waals surface area (Å²) in [5.74, 6) is -0.652. The smallest absolute Gasteiger partial charge is 0.303 e. The highest BCUT2D eigenvalue weighted by Gasteiger charge is 2.22. The Bertz CT molecular complexity index is 464. The molecule has 0 radical (unpaired) electrons. The van der Waals surface area contributed by atoms with Crippen LogP contribution in [0, 0.1) is 11.7 Å². The minimum absolute atomic E-state index is 0.214. The summed E-state index contributed by atoms with van der Waals surface area (Å²) in [5, 5.41) is 8.74. The number of aliphatic carboxylic acids is 1. The van der Waals surface area contributed by atoms with E-state index in [9.17, 15) is 9.18 Å². The summed E-state index contributed by atoms with van der Waals surface area (Å²) in [7, 11) is 0. The van der Waals surface area contributed by atoms with Gasteiger partial charge in [0.25, 0.3) is 0 Å². The van der Waals surface area contributed by atoms with Crippen LogP contribution in [0.15, 0.2) is 16.9 Å². The summed E-state index contributed by atoms with van der Waals surface area (Å²) < 4.78 is 14.4. The second-order valence-corrected chi connectivity index (χ2v) is 6.11. The maximum Gasteiger partial charge on any atom is 0.303 e. The van der Waals surface area contributed by atoms with Crippen LogP contribution in [0.25, 0.3) is 0 Å². The molecule has 1 N–H and O–H groups in total. The number of hydrogen-bond donors (Lipinski definition) is 1. The number of rotatable bonds is 5. The molecule has 0 bridgehead atoms. The van der Waals surface area contributed by atoms with Gasteiger partial charge in [-0.3, -0.25) is 14.7 Å². The lowest BCUT2D eigenvalue weighted by Crippen LogP contribution is -2.35. The maximum absolute atomic E-state index is 13.8. The third-order valence-corrected chi connectivity index (χ3v) is 4.39. The third-order valence-electron chi connectivity index (χ3n) is 3.70. The van der Waals surface area contributed by atoms with Crippen LogP contribution in [0.3, 0.4) is 0 Å². The Morgan fingerprint density at radius 2 is 2.35 bits per heavy atom. The van der Waals surface area contributed by atoms with E-state index in [1.807, 2.05) is 0 Å². The summed E-state index contributed by atoms with van der Waals surface area (Å²) in [6, 6.07) is 0. The van der Waals surface area contributed by atoms with E-state index >= 15 is 0 Å². The number of carbonyl (C=O) groups is 1. The van der Waals surface area contributed by atoms with Crippen LogP contribution in [0.1, 0.15) is 31.2 Å². The first kappa shape index (κ1) is 15.4. The molecule has 0 spiro atoms. The topological polar surface area (TPSA) is 53.4 Å². The third kappa shape index (κ3) is 4.24. The molecule has 4 nitrogen and oxygen atoms in total. The van der Waals surface area contributed by atoms with Gasteiger partial charge >= 0.3 is 5.97 Å². The van der Waals surface area contributed by atoms with Crippen molar-refractivity contribution in [1.82, 2.24) is 9.88 Å². The number of carboxylic acids is 1. The van der Waals surface area contributed by atoms with Gasteiger partial charge in [0.05, 0.1) is 6.20 Å². The van der Waals surface area contributed by atoms with Gasteiger partial charge < -0.3 is 5.11 Å². The fraction of sp³-hybridized carbons (Fsp3) is 0.571. The Morgan fingerprint density at radius 1 is 1.55 bits per heavy atom. The number of pyridine rings is 1. The van der Waals surface area contributed by atoms with E-state index in [2.05, 4.69) is 25.8 Å². The number of likely N-dealkylation sites (tertiary alicyclic amines) is 1. The summed E-state index contributed by atoms with van der Waals surface area (Å²) in [6.45, 7) is 2.30. The summed E-state index contributed by atoms with van der Waals surface area (Å²) in [6.07, 6.45) is 5.84. The highest BCUT2D eigenvalue weighted by atomic mass is 79.9. The predicted molar refractivity (Wildman–Crippen MR) is 76.8 cm³/mol. The molecule has 2 rings (SSSR count). The van der Waals surface area contributed by atoms with Gasteiger partial charge in [0, 0.05) is 35.7 Å². The number of piperidine rings is 1. The average Bonchev–Trinajstić information content (AvgIpc) is 2.41. The Labute approximate surface area is 126 Å². The van der Waals surface area contributed by atoms with Crippen molar-refractivity contribution in [2.45, 2.75) is 32.2 Å². The summed E-state index contributed by atoms with van der Waals surface area (Å²) >= 11 is 3.33. The molecule has 2 heterocycles. The Morgan fingerprint density at radius 3 is 3.05 bits per heavy atom. The van der Waals surface area contributed by atoms with Gasteiger partial charge in [0.15, 0.2) is 0 Å². The monoisotopic (exact) mass is 344 g/mol. The molecule has 1 aliphatic rings. The number of nitrogens with zero attached hydrogens (tertiary/aromatic N) is 2. The lowest BCUT2D eigenvalue weighted by atomic mass is 9.93. The molecule has 1 aliphatic heterocycles. The van der Waals surface area contributed by atoms with Crippen molar-refractivity contribution >= 4 is 21.9 Å². The van der Waals surface area contributed by atoms with E-state index < -0.39 is 5.97 Å². The fourth-order valence-electron chi connectivity index (χ4n) is 2.67. The van der Waals surface area contributed by atoms with Crippen LogP contribution < -0.4 is 0 Å². The van der Waals surface area contributed by atoms with E-state index in [0.717, 1.165) is 25.9 Å². The van der Waals surface area contributed by atoms with Crippen LogP contribution in [0.4, 0.5) is 4.39 Å². The van der Waals surface area contributed by atoms with Crippen LogP contribution in [0.5, 0.6) is 0 Å². The highest BCUT2D eigenvalue weighted by molar-refractivity contribution is 9.10. The highest BCUT2D eigenvalue weighted by Crippen LogP contribution is 2.25. The number of hydrogen-bond acceptors (Lipinski definition) is 3. The maximum atomic E-state index is 13.8. The van der Waals surface area contributed by atoms with Crippen LogP contribution in [-0.2, 0) is 11.3 Å². The fourth-order valence-corrected chi connectivity index (χ4v) is 3.10. The van der Waals surface area contributed by atoms with Gasteiger partial charge in [-0.25, -0.2) is 4.39 Å². The van der Waals surface area contributed by atoms with Crippen molar-refractivity contribution in [3.63, 3.8) is 0 Å². The van der Waals surface area contributed by atoms with Crippen molar-refractivity contribution in [1.29, 1.82) is 0 Å². The molecule has 110 valence electrons. The molecule has 1 saturated heterocycles. The zero-order valence-electron chi connectivity index (χ0n) is 11.2. The molecule has 0 aliphatic carbocycles. The predicted octanol–water partition coefficient (Wildman–Crippen LogP) is 3.06. The standard InChI is InChI=1S/C14H18BrFN2O2/c15-12-6-17-7-13(16)11(12)9-18-5-1-2-10(8-18)3-4-14(19)20/h6-7,10H,1-5,8-9H2,(H,19,20). The zero-order valence-corrected chi connectivity index (χ0v) is 12.8. The first-order chi connectivity index (χ1) is 9.56. The molecule has 0 saturated carbocycles. The molecule has 0 aromatic carbocycles. The quantitative estimate of drug-likeness (QED) is 0.891. The minimum Gasteiger partial charge on any atom is -0.481 e. The molecule has 6 heteroatoms. The summed E-state index contributed by atoms with van der Waals surface area (Å²) in [5.41, 5.74) is 0.624. The second-order valence-electron chi connectivity index (χ2n) is 5.26. The van der Waals surface area contributed by atoms with Gasteiger partial charge in [-0.2, -0.15) is 0 Å². The second kappa shape index (κ2) is 7.13. The van der Waals surface area contributed by atoms with E-state index in [0.29, 0.717) is 28.9 Å².